The predicted octanol–water partition coefficient (Wildman–Crippen LogP) is 4.45. The summed E-state index contributed by atoms with van der Waals surface area (Å²) in [5.74, 6) is 0.519. The van der Waals surface area contributed by atoms with Gasteiger partial charge in [0.25, 0.3) is 5.56 Å². The smallest absolute Gasteiger partial charge is 0.297 e. The van der Waals surface area contributed by atoms with Gasteiger partial charge in [0.15, 0.2) is 5.16 Å². The minimum Gasteiger partial charge on any atom is -0.334 e. The van der Waals surface area contributed by atoms with Crippen molar-refractivity contribution in [1.82, 2.24) is 14.8 Å². The van der Waals surface area contributed by atoms with Crippen LogP contribution in [0.25, 0.3) is 0 Å². The molecule has 0 aliphatic rings. The molecule has 0 saturated carbocycles. The minimum absolute atomic E-state index is 0.205. The minimum atomic E-state index is -0.268. The average molecular weight is 384 g/mol. The molecule has 5 nitrogen and oxygen atoms in total. The molecule has 0 radical (unpaired) electrons. The molecule has 0 bridgehead atoms. The summed E-state index contributed by atoms with van der Waals surface area (Å²) in [7, 11) is 0. The van der Waals surface area contributed by atoms with Crippen molar-refractivity contribution in [2.75, 3.05) is 5.32 Å². The Balaban J connectivity index is 1.83. The standard InChI is InChI=1S/C20H21FN4OS/c1-4-25-19(26)18(22-17-7-5-6-13(2)14(17)3)23-24-20(25)27-12-15-8-10-16(21)11-9-15/h5-11H,4,12H2,1-3H3,(H,22,23). The van der Waals surface area contributed by atoms with Gasteiger partial charge in [0.05, 0.1) is 0 Å². The van der Waals surface area contributed by atoms with Crippen molar-refractivity contribution >= 4 is 23.3 Å². The van der Waals surface area contributed by atoms with Gasteiger partial charge in [-0.2, -0.15) is 0 Å². The SMILES string of the molecule is CCn1c(SCc2ccc(F)cc2)nnc(Nc2cccc(C)c2C)c1=O. The van der Waals surface area contributed by atoms with Crippen LogP contribution < -0.4 is 10.9 Å². The Morgan fingerprint density at radius 2 is 1.85 bits per heavy atom. The summed E-state index contributed by atoms with van der Waals surface area (Å²) in [6.45, 7) is 6.40. The summed E-state index contributed by atoms with van der Waals surface area (Å²) >= 11 is 1.40. The molecule has 3 aromatic rings. The number of aryl methyl sites for hydroxylation is 1. The first-order chi connectivity index (χ1) is 13.0. The first-order valence-corrected chi connectivity index (χ1v) is 9.66. The molecule has 1 N–H and O–H groups in total. The number of nitrogens with zero attached hydrogens (tertiary/aromatic N) is 3. The summed E-state index contributed by atoms with van der Waals surface area (Å²) < 4.78 is 14.6. The van der Waals surface area contributed by atoms with Gasteiger partial charge in [-0.25, -0.2) is 4.39 Å². The lowest BCUT2D eigenvalue weighted by atomic mass is 10.1. The van der Waals surface area contributed by atoms with Crippen LogP contribution in [0.4, 0.5) is 15.9 Å². The Hall–Kier alpha value is -2.67. The number of anilines is 2. The maximum Gasteiger partial charge on any atom is 0.297 e. The Kier molecular flexibility index (Phi) is 5.91. The normalized spacial score (nSPS) is 10.8. The quantitative estimate of drug-likeness (QED) is 0.636. The second-order valence-electron chi connectivity index (χ2n) is 6.17. The second-order valence-corrected chi connectivity index (χ2v) is 7.11. The van der Waals surface area contributed by atoms with Crippen LogP contribution in [0.15, 0.2) is 52.4 Å². The number of thioether (sulfide) groups is 1. The first-order valence-electron chi connectivity index (χ1n) is 8.67. The highest BCUT2D eigenvalue weighted by atomic mass is 32.2. The van der Waals surface area contributed by atoms with E-state index < -0.39 is 0 Å². The Bertz CT molecular complexity index is 1000. The van der Waals surface area contributed by atoms with Gasteiger partial charge in [-0.3, -0.25) is 9.36 Å². The van der Waals surface area contributed by atoms with Crippen LogP contribution in [-0.2, 0) is 12.3 Å². The molecular formula is C20H21FN4OS. The number of hydrogen-bond donors (Lipinski definition) is 1. The van der Waals surface area contributed by atoms with Crippen LogP contribution in [0.5, 0.6) is 0 Å². The molecule has 1 aromatic heterocycles. The van der Waals surface area contributed by atoms with Gasteiger partial charge in [0, 0.05) is 18.0 Å². The van der Waals surface area contributed by atoms with E-state index in [1.54, 1.807) is 16.7 Å². The van der Waals surface area contributed by atoms with Crippen LogP contribution in [-0.4, -0.2) is 14.8 Å². The van der Waals surface area contributed by atoms with Gasteiger partial charge < -0.3 is 5.32 Å². The Morgan fingerprint density at radius 3 is 2.56 bits per heavy atom. The van der Waals surface area contributed by atoms with E-state index in [0.29, 0.717) is 17.5 Å². The first kappa shape index (κ1) is 19.1. The van der Waals surface area contributed by atoms with Crippen molar-refractivity contribution in [1.29, 1.82) is 0 Å². The zero-order valence-corrected chi connectivity index (χ0v) is 16.3. The maximum atomic E-state index is 13.0. The largest absolute Gasteiger partial charge is 0.334 e. The van der Waals surface area contributed by atoms with E-state index in [-0.39, 0.29) is 17.2 Å². The van der Waals surface area contributed by atoms with E-state index in [1.165, 1.54) is 23.9 Å². The van der Waals surface area contributed by atoms with Gasteiger partial charge in [0.2, 0.25) is 5.82 Å². The number of hydrogen-bond acceptors (Lipinski definition) is 5. The summed E-state index contributed by atoms with van der Waals surface area (Å²) in [6, 6.07) is 12.2. The molecule has 0 unspecified atom stereocenters. The van der Waals surface area contributed by atoms with E-state index in [1.807, 2.05) is 39.0 Å². The fourth-order valence-electron chi connectivity index (χ4n) is 2.61. The van der Waals surface area contributed by atoms with Crippen LogP contribution in [0.3, 0.4) is 0 Å². The lowest BCUT2D eigenvalue weighted by Gasteiger charge is -2.13. The van der Waals surface area contributed by atoms with E-state index in [0.717, 1.165) is 22.4 Å². The molecule has 2 aromatic carbocycles. The third-order valence-electron chi connectivity index (χ3n) is 4.37. The lowest BCUT2D eigenvalue weighted by molar-refractivity contribution is 0.597. The molecule has 0 fully saturated rings. The Labute approximate surface area is 161 Å². The molecule has 0 spiro atoms. The average Bonchev–Trinajstić information content (AvgIpc) is 2.66. The molecule has 0 amide bonds. The highest BCUT2D eigenvalue weighted by Crippen LogP contribution is 2.22. The highest BCUT2D eigenvalue weighted by molar-refractivity contribution is 7.98. The van der Waals surface area contributed by atoms with E-state index >= 15 is 0 Å². The van der Waals surface area contributed by atoms with Crippen molar-refractivity contribution < 1.29 is 4.39 Å². The molecule has 0 aliphatic heterocycles. The fraction of sp³-hybridized carbons (Fsp3) is 0.250. The summed E-state index contributed by atoms with van der Waals surface area (Å²) in [5.41, 5.74) is 3.79. The summed E-state index contributed by atoms with van der Waals surface area (Å²) in [5, 5.41) is 12.0. The molecule has 3 rings (SSSR count). The van der Waals surface area contributed by atoms with E-state index in [2.05, 4.69) is 15.5 Å². The molecule has 27 heavy (non-hydrogen) atoms. The predicted molar refractivity (Wildman–Crippen MR) is 107 cm³/mol. The number of benzene rings is 2. The van der Waals surface area contributed by atoms with Crippen molar-refractivity contribution in [2.45, 2.75) is 38.2 Å². The van der Waals surface area contributed by atoms with Gasteiger partial charge in [-0.05, 0) is 55.7 Å². The Morgan fingerprint density at radius 1 is 1.11 bits per heavy atom. The van der Waals surface area contributed by atoms with Crippen LogP contribution in [0, 0.1) is 19.7 Å². The molecule has 7 heteroatoms. The van der Waals surface area contributed by atoms with Gasteiger partial charge in [-0.15, -0.1) is 10.2 Å². The van der Waals surface area contributed by atoms with Crippen molar-refractivity contribution in [2.24, 2.45) is 0 Å². The molecule has 0 saturated heterocycles. The molecule has 140 valence electrons. The molecule has 0 atom stereocenters. The molecular weight excluding hydrogens is 363 g/mol. The third kappa shape index (κ3) is 4.36. The number of rotatable bonds is 6. The van der Waals surface area contributed by atoms with Crippen molar-refractivity contribution in [3.05, 3.63) is 75.3 Å². The van der Waals surface area contributed by atoms with Gasteiger partial charge >= 0.3 is 0 Å². The zero-order chi connectivity index (χ0) is 19.4. The van der Waals surface area contributed by atoms with Crippen molar-refractivity contribution in [3.63, 3.8) is 0 Å². The third-order valence-corrected chi connectivity index (χ3v) is 5.41. The van der Waals surface area contributed by atoms with Gasteiger partial charge in [0.1, 0.15) is 5.82 Å². The van der Waals surface area contributed by atoms with Crippen molar-refractivity contribution in [3.8, 4) is 0 Å². The van der Waals surface area contributed by atoms with Crippen LogP contribution >= 0.6 is 11.8 Å². The van der Waals surface area contributed by atoms with Gasteiger partial charge in [-0.1, -0.05) is 36.0 Å². The number of nitrogens with one attached hydrogen (secondary N) is 1. The monoisotopic (exact) mass is 384 g/mol. The molecule has 0 aliphatic carbocycles. The number of aromatic nitrogens is 3. The summed E-state index contributed by atoms with van der Waals surface area (Å²) in [4.78, 5) is 12.8. The zero-order valence-electron chi connectivity index (χ0n) is 15.5. The number of halogens is 1. The topological polar surface area (TPSA) is 59.8 Å². The fourth-order valence-corrected chi connectivity index (χ4v) is 3.57. The maximum absolute atomic E-state index is 13.0. The van der Waals surface area contributed by atoms with Crippen LogP contribution in [0.1, 0.15) is 23.6 Å². The lowest BCUT2D eigenvalue weighted by Crippen LogP contribution is -2.26. The second kappa shape index (κ2) is 8.35. The molecule has 1 heterocycles. The highest BCUT2D eigenvalue weighted by Gasteiger charge is 2.13. The summed E-state index contributed by atoms with van der Waals surface area (Å²) in [6.07, 6.45) is 0. The van der Waals surface area contributed by atoms with Crippen LogP contribution in [0.2, 0.25) is 0 Å². The van der Waals surface area contributed by atoms with E-state index in [9.17, 15) is 9.18 Å². The van der Waals surface area contributed by atoms with E-state index in [4.69, 9.17) is 0 Å².